The van der Waals surface area contributed by atoms with Crippen molar-refractivity contribution in [3.63, 3.8) is 0 Å². The number of hydrogen-bond donors (Lipinski definition) is 0. The Balaban J connectivity index is 1.66. The van der Waals surface area contributed by atoms with Crippen LogP contribution in [0, 0.1) is 12.8 Å². The number of aryl methyl sites for hydroxylation is 1. The van der Waals surface area contributed by atoms with E-state index in [2.05, 4.69) is 13.0 Å². The molecule has 2 heterocycles. The summed E-state index contributed by atoms with van der Waals surface area (Å²) in [5.74, 6) is 0.0364. The molecule has 0 bridgehead atoms. The quantitative estimate of drug-likeness (QED) is 0.812. The number of carbonyl (C=O) groups excluding carboxylic acids is 2. The van der Waals surface area contributed by atoms with Crippen molar-refractivity contribution >= 4 is 23.2 Å². The number of benzene rings is 1. The molecule has 2 unspecified atom stereocenters. The Morgan fingerprint density at radius 3 is 2.62 bits per heavy atom. The van der Waals surface area contributed by atoms with Gasteiger partial charge < -0.3 is 9.80 Å². The van der Waals surface area contributed by atoms with Crippen LogP contribution in [0.2, 0.25) is 0 Å². The number of thiophene rings is 1. The highest BCUT2D eigenvalue weighted by Gasteiger charge is 2.32. The second-order valence-electron chi connectivity index (χ2n) is 7.10. The van der Waals surface area contributed by atoms with Crippen molar-refractivity contribution in [3.05, 3.63) is 57.8 Å². The van der Waals surface area contributed by atoms with Gasteiger partial charge in [0, 0.05) is 30.6 Å². The summed E-state index contributed by atoms with van der Waals surface area (Å²) < 4.78 is 0. The minimum atomic E-state index is -0.120. The van der Waals surface area contributed by atoms with Crippen LogP contribution in [0.1, 0.15) is 46.6 Å². The lowest BCUT2D eigenvalue weighted by Gasteiger charge is -2.35. The standard InChI is InChI=1S/C21H26N2O2S/c1-15-8-10-17(11-9-15)21(25)23-12-4-6-18(14-23)20(24)22(3)16(2)19-7-5-13-26-19/h5,7-11,13,16,18H,4,6,12,14H2,1-3H3. The molecule has 4 nitrogen and oxygen atoms in total. The zero-order valence-electron chi connectivity index (χ0n) is 15.6. The second-order valence-corrected chi connectivity index (χ2v) is 8.08. The maximum atomic E-state index is 13.0. The van der Waals surface area contributed by atoms with Crippen LogP contribution in [0.3, 0.4) is 0 Å². The summed E-state index contributed by atoms with van der Waals surface area (Å²) in [7, 11) is 1.87. The van der Waals surface area contributed by atoms with Gasteiger partial charge in [-0.3, -0.25) is 9.59 Å². The van der Waals surface area contributed by atoms with Crippen LogP contribution >= 0.6 is 11.3 Å². The zero-order valence-corrected chi connectivity index (χ0v) is 16.5. The van der Waals surface area contributed by atoms with Gasteiger partial charge in [0.2, 0.25) is 5.91 Å². The van der Waals surface area contributed by atoms with Crippen molar-refractivity contribution in [2.45, 2.75) is 32.7 Å². The Hall–Kier alpha value is -2.14. The van der Waals surface area contributed by atoms with Crippen molar-refractivity contribution in [1.82, 2.24) is 9.80 Å². The number of rotatable bonds is 4. The molecule has 0 spiro atoms. The maximum Gasteiger partial charge on any atom is 0.253 e. The zero-order chi connectivity index (χ0) is 18.7. The lowest BCUT2D eigenvalue weighted by molar-refractivity contribution is -0.137. The van der Waals surface area contributed by atoms with E-state index in [1.165, 1.54) is 4.88 Å². The highest BCUT2D eigenvalue weighted by atomic mass is 32.1. The normalized spacial score (nSPS) is 18.4. The molecule has 26 heavy (non-hydrogen) atoms. The summed E-state index contributed by atoms with van der Waals surface area (Å²) in [6, 6.07) is 11.8. The molecule has 0 aliphatic carbocycles. The van der Waals surface area contributed by atoms with Crippen LogP contribution in [0.15, 0.2) is 41.8 Å². The molecule has 3 rings (SSSR count). The van der Waals surface area contributed by atoms with Gasteiger partial charge in [-0.1, -0.05) is 23.8 Å². The third-order valence-corrected chi connectivity index (χ3v) is 6.28. The van der Waals surface area contributed by atoms with Crippen LogP contribution < -0.4 is 0 Å². The van der Waals surface area contributed by atoms with Crippen LogP contribution in [0.4, 0.5) is 0 Å². The van der Waals surface area contributed by atoms with Gasteiger partial charge in [0.05, 0.1) is 12.0 Å². The Bertz CT molecular complexity index is 755. The first kappa shape index (κ1) is 18.6. The van der Waals surface area contributed by atoms with E-state index in [1.54, 1.807) is 11.3 Å². The molecule has 1 fully saturated rings. The van der Waals surface area contributed by atoms with Crippen LogP contribution in [0.5, 0.6) is 0 Å². The van der Waals surface area contributed by atoms with E-state index in [0.29, 0.717) is 12.1 Å². The van der Waals surface area contributed by atoms with E-state index >= 15 is 0 Å². The predicted octanol–water partition coefficient (Wildman–Crippen LogP) is 4.13. The van der Waals surface area contributed by atoms with Crippen molar-refractivity contribution in [2.75, 3.05) is 20.1 Å². The average molecular weight is 371 g/mol. The van der Waals surface area contributed by atoms with E-state index in [9.17, 15) is 9.59 Å². The number of piperidine rings is 1. The minimum absolute atomic E-state index is 0.0245. The lowest BCUT2D eigenvalue weighted by Crippen LogP contribution is -2.46. The second kappa shape index (κ2) is 8.04. The molecule has 2 amide bonds. The molecule has 5 heteroatoms. The van der Waals surface area contributed by atoms with Crippen molar-refractivity contribution in [1.29, 1.82) is 0 Å². The first-order chi connectivity index (χ1) is 12.5. The summed E-state index contributed by atoms with van der Waals surface area (Å²) in [4.78, 5) is 30.6. The van der Waals surface area contributed by atoms with Crippen LogP contribution in [0.25, 0.3) is 0 Å². The summed E-state index contributed by atoms with van der Waals surface area (Å²) in [6.07, 6.45) is 1.72. The van der Waals surface area contributed by atoms with Crippen molar-refractivity contribution in [3.8, 4) is 0 Å². The molecule has 2 aromatic rings. The monoisotopic (exact) mass is 370 g/mol. The fourth-order valence-corrected chi connectivity index (χ4v) is 4.27. The largest absolute Gasteiger partial charge is 0.338 e. The molecule has 1 aliphatic rings. The number of likely N-dealkylation sites (tertiary alicyclic amines) is 1. The third-order valence-electron chi connectivity index (χ3n) is 5.24. The van der Waals surface area contributed by atoms with Gasteiger partial charge in [0.25, 0.3) is 5.91 Å². The van der Waals surface area contributed by atoms with Gasteiger partial charge in [-0.15, -0.1) is 11.3 Å². The number of hydrogen-bond acceptors (Lipinski definition) is 3. The van der Waals surface area contributed by atoms with Gasteiger partial charge in [-0.05, 0) is 50.3 Å². The molecular weight excluding hydrogens is 344 g/mol. The molecule has 0 saturated carbocycles. The molecule has 2 atom stereocenters. The molecular formula is C21H26N2O2S. The molecule has 1 aromatic heterocycles. The van der Waals surface area contributed by atoms with E-state index in [0.717, 1.165) is 24.9 Å². The first-order valence-electron chi connectivity index (χ1n) is 9.13. The highest BCUT2D eigenvalue weighted by Crippen LogP contribution is 2.27. The molecule has 0 radical (unpaired) electrons. The predicted molar refractivity (Wildman–Crippen MR) is 105 cm³/mol. The smallest absolute Gasteiger partial charge is 0.253 e. The minimum Gasteiger partial charge on any atom is -0.338 e. The van der Waals surface area contributed by atoms with E-state index in [1.807, 2.05) is 59.5 Å². The maximum absolute atomic E-state index is 13.0. The topological polar surface area (TPSA) is 40.6 Å². The van der Waals surface area contributed by atoms with E-state index in [-0.39, 0.29) is 23.8 Å². The summed E-state index contributed by atoms with van der Waals surface area (Å²) in [6.45, 7) is 5.30. The average Bonchev–Trinajstić information content (AvgIpc) is 3.21. The van der Waals surface area contributed by atoms with Gasteiger partial charge >= 0.3 is 0 Å². The molecule has 138 valence electrons. The summed E-state index contributed by atoms with van der Waals surface area (Å²) in [5.41, 5.74) is 1.83. The molecule has 0 N–H and O–H groups in total. The Morgan fingerprint density at radius 1 is 1.23 bits per heavy atom. The summed E-state index contributed by atoms with van der Waals surface area (Å²) >= 11 is 1.67. The Morgan fingerprint density at radius 2 is 1.96 bits per heavy atom. The van der Waals surface area contributed by atoms with E-state index in [4.69, 9.17) is 0 Å². The number of nitrogens with zero attached hydrogens (tertiary/aromatic N) is 2. The fraction of sp³-hybridized carbons (Fsp3) is 0.429. The molecule has 1 aliphatic heterocycles. The first-order valence-corrected chi connectivity index (χ1v) is 10.0. The van der Waals surface area contributed by atoms with Gasteiger partial charge in [-0.2, -0.15) is 0 Å². The van der Waals surface area contributed by atoms with E-state index < -0.39 is 0 Å². The third kappa shape index (κ3) is 3.98. The highest BCUT2D eigenvalue weighted by molar-refractivity contribution is 7.10. The molecule has 1 aromatic carbocycles. The van der Waals surface area contributed by atoms with Gasteiger partial charge in [-0.25, -0.2) is 0 Å². The van der Waals surface area contributed by atoms with Gasteiger partial charge in [0.15, 0.2) is 0 Å². The van der Waals surface area contributed by atoms with Crippen LogP contribution in [-0.4, -0.2) is 41.8 Å². The Kier molecular flexibility index (Phi) is 5.77. The number of carbonyl (C=O) groups is 2. The molecule has 1 saturated heterocycles. The van der Waals surface area contributed by atoms with Gasteiger partial charge in [0.1, 0.15) is 0 Å². The number of amides is 2. The van der Waals surface area contributed by atoms with Crippen molar-refractivity contribution in [2.24, 2.45) is 5.92 Å². The lowest BCUT2D eigenvalue weighted by atomic mass is 9.95. The van der Waals surface area contributed by atoms with Crippen LogP contribution in [-0.2, 0) is 4.79 Å². The fourth-order valence-electron chi connectivity index (χ4n) is 3.44. The SMILES string of the molecule is Cc1ccc(C(=O)N2CCCC(C(=O)N(C)C(C)c3cccs3)C2)cc1. The summed E-state index contributed by atoms with van der Waals surface area (Å²) in [5, 5.41) is 2.03. The Labute approximate surface area is 159 Å². The van der Waals surface area contributed by atoms with Crippen molar-refractivity contribution < 1.29 is 9.59 Å².